The van der Waals surface area contributed by atoms with E-state index in [9.17, 15) is 4.79 Å². The first-order valence-electron chi connectivity index (χ1n) is 6.58. The molecule has 2 rings (SSSR count). The number of para-hydroxylation sites is 1. The lowest BCUT2D eigenvalue weighted by atomic mass is 10.1. The standard InChI is InChI=1S/C17H19NO2/c1-11-6-5-7-12(2)17(11)18-13(3)10-15(14(18)4)8-9-16(19)20/h5-10H,1-4H3,(H,19,20)/b9-8+. The third-order valence-electron chi connectivity index (χ3n) is 3.54. The zero-order valence-electron chi connectivity index (χ0n) is 12.3. The van der Waals surface area contributed by atoms with Crippen molar-refractivity contribution in [1.82, 2.24) is 4.57 Å². The summed E-state index contributed by atoms with van der Waals surface area (Å²) < 4.78 is 2.19. The van der Waals surface area contributed by atoms with Gasteiger partial charge in [0.1, 0.15) is 0 Å². The van der Waals surface area contributed by atoms with Gasteiger partial charge in [-0.05, 0) is 56.5 Å². The van der Waals surface area contributed by atoms with Crippen LogP contribution < -0.4 is 0 Å². The molecule has 1 aromatic heterocycles. The fraction of sp³-hybridized carbons (Fsp3) is 0.235. The van der Waals surface area contributed by atoms with E-state index in [0.717, 1.165) is 17.0 Å². The molecule has 1 heterocycles. The zero-order valence-corrected chi connectivity index (χ0v) is 12.3. The molecule has 0 bridgehead atoms. The molecule has 0 saturated carbocycles. The molecule has 0 spiro atoms. The zero-order chi connectivity index (χ0) is 14.9. The Hall–Kier alpha value is -2.29. The third kappa shape index (κ3) is 2.52. The smallest absolute Gasteiger partial charge is 0.328 e. The Morgan fingerprint density at radius 2 is 1.75 bits per heavy atom. The minimum absolute atomic E-state index is 0.929. The minimum Gasteiger partial charge on any atom is -0.478 e. The van der Waals surface area contributed by atoms with Crippen LogP contribution in [0.2, 0.25) is 0 Å². The van der Waals surface area contributed by atoms with Crippen molar-refractivity contribution >= 4 is 12.0 Å². The number of carbonyl (C=O) groups is 1. The predicted octanol–water partition coefficient (Wildman–Crippen LogP) is 3.81. The summed E-state index contributed by atoms with van der Waals surface area (Å²) in [7, 11) is 0. The van der Waals surface area contributed by atoms with Crippen LogP contribution in [-0.4, -0.2) is 15.6 Å². The molecular formula is C17H19NO2. The molecule has 0 saturated heterocycles. The summed E-state index contributed by atoms with van der Waals surface area (Å²) in [5.41, 5.74) is 6.69. The van der Waals surface area contributed by atoms with Gasteiger partial charge in [0, 0.05) is 17.5 Å². The van der Waals surface area contributed by atoms with E-state index < -0.39 is 5.97 Å². The van der Waals surface area contributed by atoms with E-state index in [-0.39, 0.29) is 0 Å². The Morgan fingerprint density at radius 1 is 1.15 bits per heavy atom. The van der Waals surface area contributed by atoms with Crippen LogP contribution in [0.1, 0.15) is 28.1 Å². The van der Waals surface area contributed by atoms with Gasteiger partial charge in [-0.1, -0.05) is 18.2 Å². The first-order chi connectivity index (χ1) is 9.41. The molecule has 1 N–H and O–H groups in total. The molecule has 0 fully saturated rings. The molecule has 20 heavy (non-hydrogen) atoms. The van der Waals surface area contributed by atoms with E-state index in [1.165, 1.54) is 22.9 Å². The van der Waals surface area contributed by atoms with Gasteiger partial charge in [-0.3, -0.25) is 0 Å². The van der Waals surface area contributed by atoms with Crippen LogP contribution in [0.5, 0.6) is 0 Å². The van der Waals surface area contributed by atoms with Crippen LogP contribution in [0.4, 0.5) is 0 Å². The van der Waals surface area contributed by atoms with Gasteiger partial charge >= 0.3 is 5.97 Å². The lowest BCUT2D eigenvalue weighted by Gasteiger charge is -2.15. The molecule has 0 unspecified atom stereocenters. The number of rotatable bonds is 3. The maximum atomic E-state index is 10.7. The fourth-order valence-electron chi connectivity index (χ4n) is 2.62. The van der Waals surface area contributed by atoms with Crippen molar-refractivity contribution in [2.45, 2.75) is 27.7 Å². The van der Waals surface area contributed by atoms with Crippen molar-refractivity contribution in [2.75, 3.05) is 0 Å². The molecule has 3 nitrogen and oxygen atoms in total. The molecule has 0 amide bonds. The lowest BCUT2D eigenvalue weighted by Crippen LogP contribution is -2.03. The first-order valence-corrected chi connectivity index (χ1v) is 6.58. The predicted molar refractivity (Wildman–Crippen MR) is 81.4 cm³/mol. The molecule has 0 aliphatic carbocycles. The van der Waals surface area contributed by atoms with E-state index in [1.54, 1.807) is 6.08 Å². The van der Waals surface area contributed by atoms with Gasteiger partial charge in [0.05, 0.1) is 5.69 Å². The van der Waals surface area contributed by atoms with Gasteiger partial charge in [0.2, 0.25) is 0 Å². The van der Waals surface area contributed by atoms with Gasteiger partial charge < -0.3 is 9.67 Å². The number of aliphatic carboxylic acids is 1. The van der Waals surface area contributed by atoms with Crippen molar-refractivity contribution in [3.05, 3.63) is 58.4 Å². The van der Waals surface area contributed by atoms with Crippen LogP contribution in [0.15, 0.2) is 30.3 Å². The number of hydrogen-bond donors (Lipinski definition) is 1. The maximum absolute atomic E-state index is 10.7. The molecule has 0 radical (unpaired) electrons. The molecule has 3 heteroatoms. The Balaban J connectivity index is 2.62. The molecule has 1 aromatic carbocycles. The average Bonchev–Trinajstić information content (AvgIpc) is 2.63. The monoisotopic (exact) mass is 269 g/mol. The number of carboxylic acids is 1. The Labute approximate surface area is 119 Å². The Bertz CT molecular complexity index is 673. The van der Waals surface area contributed by atoms with Crippen LogP contribution in [-0.2, 0) is 4.79 Å². The summed E-state index contributed by atoms with van der Waals surface area (Å²) >= 11 is 0. The number of carboxylic acid groups (broad SMARTS) is 1. The largest absolute Gasteiger partial charge is 0.478 e. The van der Waals surface area contributed by atoms with E-state index >= 15 is 0 Å². The quantitative estimate of drug-likeness (QED) is 0.861. The summed E-state index contributed by atoms with van der Waals surface area (Å²) in [6.45, 7) is 8.24. The van der Waals surface area contributed by atoms with E-state index in [1.807, 2.05) is 26.0 Å². The number of hydrogen-bond acceptors (Lipinski definition) is 1. The SMILES string of the molecule is Cc1cccc(C)c1-n1c(C)cc(/C=C/C(=O)O)c1C. The molecule has 0 atom stereocenters. The van der Waals surface area contributed by atoms with Crippen molar-refractivity contribution in [2.24, 2.45) is 0 Å². The number of aryl methyl sites for hydroxylation is 3. The van der Waals surface area contributed by atoms with E-state index in [0.29, 0.717) is 0 Å². The van der Waals surface area contributed by atoms with Crippen LogP contribution >= 0.6 is 0 Å². The molecule has 0 aliphatic rings. The first kappa shape index (κ1) is 14.1. The highest BCUT2D eigenvalue weighted by atomic mass is 16.4. The van der Waals surface area contributed by atoms with Gasteiger partial charge in [-0.15, -0.1) is 0 Å². The normalized spacial score (nSPS) is 11.2. The third-order valence-corrected chi connectivity index (χ3v) is 3.54. The topological polar surface area (TPSA) is 42.2 Å². The second kappa shape index (κ2) is 5.37. The van der Waals surface area contributed by atoms with Crippen molar-refractivity contribution in [1.29, 1.82) is 0 Å². The Morgan fingerprint density at radius 3 is 2.30 bits per heavy atom. The molecule has 0 aliphatic heterocycles. The second-order valence-electron chi connectivity index (χ2n) is 5.07. The summed E-state index contributed by atoms with van der Waals surface area (Å²) in [6.07, 6.45) is 2.82. The van der Waals surface area contributed by atoms with E-state index in [4.69, 9.17) is 5.11 Å². The van der Waals surface area contributed by atoms with Crippen molar-refractivity contribution in [3.8, 4) is 5.69 Å². The molecule has 2 aromatic rings. The highest BCUT2D eigenvalue weighted by Gasteiger charge is 2.12. The summed E-state index contributed by atoms with van der Waals surface area (Å²) in [6, 6.07) is 8.25. The van der Waals surface area contributed by atoms with Crippen molar-refractivity contribution in [3.63, 3.8) is 0 Å². The van der Waals surface area contributed by atoms with E-state index in [2.05, 4.69) is 30.5 Å². The number of benzene rings is 1. The second-order valence-corrected chi connectivity index (χ2v) is 5.07. The van der Waals surface area contributed by atoms with Gasteiger partial charge in [-0.25, -0.2) is 4.79 Å². The van der Waals surface area contributed by atoms with Gasteiger partial charge in [-0.2, -0.15) is 0 Å². The van der Waals surface area contributed by atoms with Gasteiger partial charge in [0.15, 0.2) is 0 Å². The van der Waals surface area contributed by atoms with Crippen LogP contribution in [0, 0.1) is 27.7 Å². The Kier molecular flexibility index (Phi) is 3.79. The number of nitrogens with zero attached hydrogens (tertiary/aromatic N) is 1. The van der Waals surface area contributed by atoms with Crippen LogP contribution in [0.25, 0.3) is 11.8 Å². The fourth-order valence-corrected chi connectivity index (χ4v) is 2.62. The highest BCUT2D eigenvalue weighted by Crippen LogP contribution is 2.26. The summed E-state index contributed by atoms with van der Waals surface area (Å²) in [5, 5.41) is 8.75. The minimum atomic E-state index is -0.929. The van der Waals surface area contributed by atoms with Crippen molar-refractivity contribution < 1.29 is 9.90 Å². The molecule has 104 valence electrons. The summed E-state index contributed by atoms with van der Waals surface area (Å²) in [5.74, 6) is -0.929. The maximum Gasteiger partial charge on any atom is 0.328 e. The summed E-state index contributed by atoms with van der Waals surface area (Å²) in [4.78, 5) is 10.7. The van der Waals surface area contributed by atoms with Gasteiger partial charge in [0.25, 0.3) is 0 Å². The molecular weight excluding hydrogens is 250 g/mol. The lowest BCUT2D eigenvalue weighted by molar-refractivity contribution is -0.131. The van der Waals surface area contributed by atoms with Crippen LogP contribution in [0.3, 0.4) is 0 Å². The highest BCUT2D eigenvalue weighted by molar-refractivity contribution is 5.85. The average molecular weight is 269 g/mol. The number of aromatic nitrogens is 1.